The van der Waals surface area contributed by atoms with E-state index in [0.29, 0.717) is 17.5 Å². The van der Waals surface area contributed by atoms with Crippen molar-refractivity contribution < 1.29 is 13.5 Å². The number of hydrogen-bond donors (Lipinski definition) is 2. The Bertz CT molecular complexity index is 576. The fourth-order valence-electron chi connectivity index (χ4n) is 1.61. The highest BCUT2D eigenvalue weighted by Gasteiger charge is 2.18. The van der Waals surface area contributed by atoms with Crippen LogP contribution in [0.4, 0.5) is 0 Å². The van der Waals surface area contributed by atoms with E-state index in [1.165, 1.54) is 6.07 Å². The zero-order chi connectivity index (χ0) is 14.5. The topological polar surface area (TPSA) is 90.2 Å². The molecule has 5 nitrogen and oxygen atoms in total. The van der Waals surface area contributed by atoms with E-state index in [1.807, 2.05) is 13.0 Å². The number of hydrogen-bond acceptors (Lipinski definition) is 4. The van der Waals surface area contributed by atoms with Crippen LogP contribution in [0.5, 0.6) is 0 Å². The van der Waals surface area contributed by atoms with Gasteiger partial charge in [0.2, 0.25) is 10.0 Å². The van der Waals surface area contributed by atoms with Gasteiger partial charge < -0.3 is 5.11 Å². The molecule has 19 heavy (non-hydrogen) atoms. The van der Waals surface area contributed by atoms with Crippen LogP contribution in [-0.4, -0.2) is 26.7 Å². The number of nitrogens with one attached hydrogen (secondary N) is 1. The van der Waals surface area contributed by atoms with E-state index in [0.717, 1.165) is 0 Å². The number of nitriles is 1. The van der Waals surface area contributed by atoms with E-state index in [2.05, 4.69) is 4.72 Å². The molecule has 0 aromatic heterocycles. The molecule has 0 radical (unpaired) electrons. The van der Waals surface area contributed by atoms with Crippen LogP contribution in [0.3, 0.4) is 0 Å². The number of aryl methyl sites for hydroxylation is 1. The molecule has 0 heterocycles. The smallest absolute Gasteiger partial charge is 0.240 e. The van der Waals surface area contributed by atoms with Crippen LogP contribution in [0.15, 0.2) is 23.1 Å². The Morgan fingerprint density at radius 3 is 2.74 bits per heavy atom. The summed E-state index contributed by atoms with van der Waals surface area (Å²) in [5.74, 6) is 0.0548. The molecular weight excluding hydrogens is 264 g/mol. The largest absolute Gasteiger partial charge is 0.396 e. The third-order valence-corrected chi connectivity index (χ3v) is 4.42. The number of aliphatic hydroxyl groups excluding tert-OH is 1. The number of sulfonamides is 1. The lowest BCUT2D eigenvalue weighted by Crippen LogP contribution is -2.29. The maximum absolute atomic E-state index is 12.1. The summed E-state index contributed by atoms with van der Waals surface area (Å²) >= 11 is 0. The predicted molar refractivity (Wildman–Crippen MR) is 71.9 cm³/mol. The van der Waals surface area contributed by atoms with Crippen LogP contribution in [-0.2, 0) is 10.0 Å². The Hall–Kier alpha value is -1.42. The van der Waals surface area contributed by atoms with Crippen LogP contribution in [0.2, 0.25) is 0 Å². The fourth-order valence-corrected chi connectivity index (χ4v) is 3.04. The Labute approximate surface area is 113 Å². The van der Waals surface area contributed by atoms with Gasteiger partial charge in [0, 0.05) is 13.2 Å². The van der Waals surface area contributed by atoms with E-state index in [9.17, 15) is 8.42 Å². The summed E-state index contributed by atoms with van der Waals surface area (Å²) in [5, 5.41) is 17.6. The molecule has 1 atom stereocenters. The summed E-state index contributed by atoms with van der Waals surface area (Å²) in [6.07, 6.45) is 0.541. The van der Waals surface area contributed by atoms with Crippen LogP contribution in [0.1, 0.15) is 24.5 Å². The molecular formula is C13H18N2O3S. The highest BCUT2D eigenvalue weighted by Crippen LogP contribution is 2.17. The van der Waals surface area contributed by atoms with Gasteiger partial charge in [-0.15, -0.1) is 0 Å². The SMILES string of the molecule is Cc1ccc(C#N)cc1S(=O)(=O)NCC(C)CCO. The minimum Gasteiger partial charge on any atom is -0.396 e. The zero-order valence-electron chi connectivity index (χ0n) is 11.0. The molecule has 1 aromatic carbocycles. The molecule has 0 bridgehead atoms. The predicted octanol–water partition coefficient (Wildman–Crippen LogP) is 1.16. The lowest BCUT2D eigenvalue weighted by atomic mass is 10.1. The molecule has 1 rings (SSSR count). The average molecular weight is 282 g/mol. The van der Waals surface area contributed by atoms with Crippen molar-refractivity contribution in [2.45, 2.75) is 25.2 Å². The molecule has 0 amide bonds. The molecule has 0 saturated carbocycles. The normalized spacial score (nSPS) is 12.9. The van der Waals surface area contributed by atoms with Gasteiger partial charge in [-0.1, -0.05) is 13.0 Å². The van der Waals surface area contributed by atoms with E-state index >= 15 is 0 Å². The van der Waals surface area contributed by atoms with Gasteiger partial charge in [0.25, 0.3) is 0 Å². The van der Waals surface area contributed by atoms with Gasteiger partial charge in [0.1, 0.15) is 0 Å². The van der Waals surface area contributed by atoms with Gasteiger partial charge >= 0.3 is 0 Å². The van der Waals surface area contributed by atoms with Crippen molar-refractivity contribution in [1.82, 2.24) is 4.72 Å². The van der Waals surface area contributed by atoms with Gasteiger partial charge in [0.15, 0.2) is 0 Å². The second-order valence-corrected chi connectivity index (χ2v) is 6.30. The molecule has 104 valence electrons. The standard InChI is InChI=1S/C13H18N2O3S/c1-10(5-6-16)9-15-19(17,18)13-7-12(8-14)4-3-11(13)2/h3-4,7,10,15-16H,5-6,9H2,1-2H3. The lowest BCUT2D eigenvalue weighted by molar-refractivity contribution is 0.263. The lowest BCUT2D eigenvalue weighted by Gasteiger charge is -2.13. The van der Waals surface area contributed by atoms with E-state index < -0.39 is 10.0 Å². The third kappa shape index (κ3) is 4.31. The molecule has 0 aliphatic heterocycles. The first kappa shape index (κ1) is 15.6. The highest BCUT2D eigenvalue weighted by molar-refractivity contribution is 7.89. The Morgan fingerprint density at radius 1 is 1.47 bits per heavy atom. The summed E-state index contributed by atoms with van der Waals surface area (Å²) in [5.41, 5.74) is 0.913. The van der Waals surface area contributed by atoms with Gasteiger partial charge in [-0.05, 0) is 37.0 Å². The first-order valence-corrected chi connectivity index (χ1v) is 7.50. The highest BCUT2D eigenvalue weighted by atomic mass is 32.2. The number of benzene rings is 1. The summed E-state index contributed by atoms with van der Waals surface area (Å²) in [7, 11) is -3.62. The fraction of sp³-hybridized carbons (Fsp3) is 0.462. The molecule has 6 heteroatoms. The van der Waals surface area contributed by atoms with E-state index in [-0.39, 0.29) is 24.0 Å². The van der Waals surface area contributed by atoms with Crippen molar-refractivity contribution in [3.05, 3.63) is 29.3 Å². The van der Waals surface area contributed by atoms with Crippen molar-refractivity contribution >= 4 is 10.0 Å². The first-order valence-electron chi connectivity index (χ1n) is 6.02. The van der Waals surface area contributed by atoms with Crippen LogP contribution in [0, 0.1) is 24.2 Å². The van der Waals surface area contributed by atoms with Gasteiger partial charge in [-0.3, -0.25) is 0 Å². The van der Waals surface area contributed by atoms with Crippen LogP contribution in [0.25, 0.3) is 0 Å². The van der Waals surface area contributed by atoms with Gasteiger partial charge in [-0.2, -0.15) is 5.26 Å². The summed E-state index contributed by atoms with van der Waals surface area (Å²) in [6, 6.07) is 6.50. The molecule has 0 aliphatic carbocycles. The zero-order valence-corrected chi connectivity index (χ0v) is 11.9. The van der Waals surface area contributed by atoms with Crippen molar-refractivity contribution in [2.24, 2.45) is 5.92 Å². The molecule has 0 spiro atoms. The summed E-state index contributed by atoms with van der Waals surface area (Å²) < 4.78 is 26.8. The van der Waals surface area contributed by atoms with Crippen LogP contribution >= 0.6 is 0 Å². The third-order valence-electron chi connectivity index (χ3n) is 2.85. The van der Waals surface area contributed by atoms with E-state index in [1.54, 1.807) is 19.1 Å². The van der Waals surface area contributed by atoms with Crippen molar-refractivity contribution in [2.75, 3.05) is 13.2 Å². The Balaban J connectivity index is 2.92. The monoisotopic (exact) mass is 282 g/mol. The Morgan fingerprint density at radius 2 is 2.16 bits per heavy atom. The minimum atomic E-state index is -3.62. The van der Waals surface area contributed by atoms with Gasteiger partial charge in [0.05, 0.1) is 16.5 Å². The number of rotatable bonds is 6. The summed E-state index contributed by atoms with van der Waals surface area (Å²) in [4.78, 5) is 0.128. The average Bonchev–Trinajstić information content (AvgIpc) is 2.37. The van der Waals surface area contributed by atoms with E-state index in [4.69, 9.17) is 10.4 Å². The second kappa shape index (κ2) is 6.66. The molecule has 1 unspecified atom stereocenters. The van der Waals surface area contributed by atoms with Crippen LogP contribution < -0.4 is 4.72 Å². The molecule has 0 fully saturated rings. The maximum Gasteiger partial charge on any atom is 0.240 e. The first-order chi connectivity index (χ1) is 8.90. The maximum atomic E-state index is 12.1. The number of nitrogens with zero attached hydrogens (tertiary/aromatic N) is 1. The van der Waals surface area contributed by atoms with Crippen molar-refractivity contribution in [1.29, 1.82) is 5.26 Å². The molecule has 0 saturated heterocycles. The molecule has 2 N–H and O–H groups in total. The molecule has 1 aromatic rings. The quantitative estimate of drug-likeness (QED) is 0.819. The van der Waals surface area contributed by atoms with Crippen molar-refractivity contribution in [3.63, 3.8) is 0 Å². The molecule has 0 aliphatic rings. The number of aliphatic hydroxyl groups is 1. The second-order valence-electron chi connectivity index (χ2n) is 4.56. The Kier molecular flexibility index (Phi) is 5.48. The van der Waals surface area contributed by atoms with Crippen molar-refractivity contribution in [3.8, 4) is 6.07 Å². The summed E-state index contributed by atoms with van der Waals surface area (Å²) in [6.45, 7) is 3.84. The van der Waals surface area contributed by atoms with Gasteiger partial charge in [-0.25, -0.2) is 13.1 Å². The minimum absolute atomic E-state index is 0.0336.